The third-order valence-electron chi connectivity index (χ3n) is 3.10. The highest BCUT2D eigenvalue weighted by molar-refractivity contribution is 6.52. The number of hydrogen-bond acceptors (Lipinski definition) is 4. The van der Waals surface area contributed by atoms with Crippen LogP contribution in [0.15, 0.2) is 18.2 Å². The van der Waals surface area contributed by atoms with Gasteiger partial charge in [0.2, 0.25) is 0 Å². The van der Waals surface area contributed by atoms with Crippen LogP contribution in [-0.2, 0) is 4.79 Å². The number of methoxy groups -OCH3 is 1. The van der Waals surface area contributed by atoms with E-state index in [2.05, 4.69) is 6.07 Å². The molecule has 0 atom stereocenters. The number of carbonyl (C=O) groups excluding carboxylic acids is 2. The SMILES string of the molecule is COc1ccc2c(c1)N(CCCCC#N)C(=O)C2=O. The molecule has 0 N–H and O–H groups in total. The normalized spacial score (nSPS) is 13.4. The maximum absolute atomic E-state index is 11.9. The quantitative estimate of drug-likeness (QED) is 0.597. The topological polar surface area (TPSA) is 70.4 Å². The molecule has 0 saturated carbocycles. The molecule has 0 bridgehead atoms. The van der Waals surface area contributed by atoms with Crippen molar-refractivity contribution in [1.82, 2.24) is 0 Å². The van der Waals surface area contributed by atoms with Gasteiger partial charge in [-0.1, -0.05) is 0 Å². The minimum atomic E-state index is -0.500. The number of hydrogen-bond donors (Lipinski definition) is 0. The predicted octanol–water partition coefficient (Wildman–Crippen LogP) is 1.92. The molecule has 5 nitrogen and oxygen atoms in total. The van der Waals surface area contributed by atoms with E-state index in [1.807, 2.05) is 0 Å². The van der Waals surface area contributed by atoms with Crippen LogP contribution < -0.4 is 9.64 Å². The van der Waals surface area contributed by atoms with Gasteiger partial charge in [-0.15, -0.1) is 0 Å². The second kappa shape index (κ2) is 5.53. The molecule has 2 rings (SSSR count). The fraction of sp³-hybridized carbons (Fsp3) is 0.357. The van der Waals surface area contributed by atoms with Gasteiger partial charge in [0.05, 0.1) is 24.4 Å². The maximum atomic E-state index is 11.9. The highest BCUT2D eigenvalue weighted by Gasteiger charge is 2.35. The van der Waals surface area contributed by atoms with E-state index >= 15 is 0 Å². The van der Waals surface area contributed by atoms with Gasteiger partial charge >= 0.3 is 0 Å². The van der Waals surface area contributed by atoms with Crippen LogP contribution in [0.4, 0.5) is 5.69 Å². The predicted molar refractivity (Wildman–Crippen MR) is 69.1 cm³/mol. The molecule has 1 aliphatic rings. The average molecular weight is 258 g/mol. The van der Waals surface area contributed by atoms with Gasteiger partial charge in [0, 0.05) is 19.0 Å². The number of nitrogens with zero attached hydrogens (tertiary/aromatic N) is 2. The summed E-state index contributed by atoms with van der Waals surface area (Å²) in [5.41, 5.74) is 1.03. The molecule has 98 valence electrons. The van der Waals surface area contributed by atoms with Gasteiger partial charge in [-0.25, -0.2) is 0 Å². The summed E-state index contributed by atoms with van der Waals surface area (Å²) in [6.07, 6.45) is 1.87. The summed E-state index contributed by atoms with van der Waals surface area (Å²) >= 11 is 0. The molecular weight excluding hydrogens is 244 g/mol. The Kier molecular flexibility index (Phi) is 3.81. The Hall–Kier alpha value is -2.35. The van der Waals surface area contributed by atoms with Crippen LogP contribution >= 0.6 is 0 Å². The second-order valence-electron chi connectivity index (χ2n) is 4.28. The van der Waals surface area contributed by atoms with Gasteiger partial charge in [-0.2, -0.15) is 5.26 Å². The zero-order chi connectivity index (χ0) is 13.8. The van der Waals surface area contributed by atoms with Crippen LogP contribution in [0, 0.1) is 11.3 Å². The van der Waals surface area contributed by atoms with Gasteiger partial charge in [-0.3, -0.25) is 9.59 Å². The molecule has 1 aromatic rings. The Balaban J connectivity index is 2.19. The Morgan fingerprint density at radius 2 is 2.11 bits per heavy atom. The number of rotatable bonds is 5. The Bertz CT molecular complexity index is 560. The summed E-state index contributed by atoms with van der Waals surface area (Å²) in [4.78, 5) is 25.2. The molecule has 1 aromatic carbocycles. The van der Waals surface area contributed by atoms with E-state index in [1.165, 1.54) is 12.0 Å². The number of fused-ring (bicyclic) bond motifs is 1. The van der Waals surface area contributed by atoms with Crippen molar-refractivity contribution in [3.8, 4) is 11.8 Å². The number of nitriles is 1. The lowest BCUT2D eigenvalue weighted by atomic mass is 10.1. The van der Waals surface area contributed by atoms with Crippen LogP contribution in [0.1, 0.15) is 29.6 Å². The van der Waals surface area contributed by atoms with E-state index in [4.69, 9.17) is 10.00 Å². The van der Waals surface area contributed by atoms with Gasteiger partial charge in [0.15, 0.2) is 0 Å². The number of amides is 1. The summed E-state index contributed by atoms with van der Waals surface area (Å²) in [6.45, 7) is 0.451. The van der Waals surface area contributed by atoms with E-state index in [9.17, 15) is 9.59 Å². The number of anilines is 1. The van der Waals surface area contributed by atoms with Crippen molar-refractivity contribution in [3.63, 3.8) is 0 Å². The largest absolute Gasteiger partial charge is 0.497 e. The van der Waals surface area contributed by atoms with Crippen LogP contribution in [0.5, 0.6) is 5.75 Å². The zero-order valence-electron chi connectivity index (χ0n) is 10.7. The lowest BCUT2D eigenvalue weighted by Crippen LogP contribution is -2.30. The number of ketones is 1. The third kappa shape index (κ3) is 2.43. The molecule has 0 aromatic heterocycles. The maximum Gasteiger partial charge on any atom is 0.299 e. The van der Waals surface area contributed by atoms with E-state index < -0.39 is 11.7 Å². The van der Waals surface area contributed by atoms with E-state index in [-0.39, 0.29) is 0 Å². The van der Waals surface area contributed by atoms with Gasteiger partial charge < -0.3 is 9.64 Å². The second-order valence-corrected chi connectivity index (χ2v) is 4.28. The average Bonchev–Trinajstić information content (AvgIpc) is 2.67. The lowest BCUT2D eigenvalue weighted by molar-refractivity contribution is -0.114. The van der Waals surface area contributed by atoms with Crippen molar-refractivity contribution in [1.29, 1.82) is 5.26 Å². The summed E-state index contributed by atoms with van der Waals surface area (Å²) in [6, 6.07) is 7.04. The van der Waals surface area contributed by atoms with Crippen LogP contribution in [-0.4, -0.2) is 25.3 Å². The number of benzene rings is 1. The number of carbonyl (C=O) groups is 2. The smallest absolute Gasteiger partial charge is 0.299 e. The third-order valence-corrected chi connectivity index (χ3v) is 3.10. The molecular formula is C14H14N2O3. The van der Waals surface area contributed by atoms with Gasteiger partial charge in [-0.05, 0) is 25.0 Å². The monoisotopic (exact) mass is 258 g/mol. The molecule has 5 heteroatoms. The first kappa shape index (κ1) is 13.1. The van der Waals surface area contributed by atoms with Crippen molar-refractivity contribution < 1.29 is 14.3 Å². The van der Waals surface area contributed by atoms with Gasteiger partial charge in [0.1, 0.15) is 5.75 Å². The Morgan fingerprint density at radius 3 is 2.79 bits per heavy atom. The van der Waals surface area contributed by atoms with Crippen LogP contribution in [0.2, 0.25) is 0 Å². The van der Waals surface area contributed by atoms with Crippen molar-refractivity contribution >= 4 is 17.4 Å². The fourth-order valence-corrected chi connectivity index (χ4v) is 2.10. The highest BCUT2D eigenvalue weighted by Crippen LogP contribution is 2.32. The minimum absolute atomic E-state index is 0.422. The standard InChI is InChI=1S/C14H14N2O3/c1-19-10-5-6-11-12(9-10)16(14(18)13(11)17)8-4-2-3-7-15/h5-6,9H,2-4,8H2,1H3. The minimum Gasteiger partial charge on any atom is -0.497 e. The molecule has 0 saturated heterocycles. The molecule has 0 aliphatic carbocycles. The molecule has 0 spiro atoms. The molecule has 0 fully saturated rings. The Morgan fingerprint density at radius 1 is 1.32 bits per heavy atom. The fourth-order valence-electron chi connectivity index (χ4n) is 2.10. The Labute approximate surface area is 111 Å². The lowest BCUT2D eigenvalue weighted by Gasteiger charge is -2.16. The molecule has 1 aliphatic heterocycles. The summed E-state index contributed by atoms with van der Waals surface area (Å²) in [5.74, 6) is -0.360. The summed E-state index contributed by atoms with van der Waals surface area (Å²) < 4.78 is 5.11. The van der Waals surface area contributed by atoms with Crippen molar-refractivity contribution in [2.75, 3.05) is 18.6 Å². The molecule has 1 amide bonds. The van der Waals surface area contributed by atoms with E-state index in [1.54, 1.807) is 18.2 Å². The van der Waals surface area contributed by atoms with Crippen LogP contribution in [0.3, 0.4) is 0 Å². The van der Waals surface area contributed by atoms with Crippen LogP contribution in [0.25, 0.3) is 0 Å². The molecule has 1 heterocycles. The zero-order valence-corrected chi connectivity index (χ0v) is 10.7. The van der Waals surface area contributed by atoms with Crippen molar-refractivity contribution in [3.05, 3.63) is 23.8 Å². The number of unbranched alkanes of at least 4 members (excludes halogenated alkanes) is 2. The molecule has 0 radical (unpaired) electrons. The van der Waals surface area contributed by atoms with Crippen molar-refractivity contribution in [2.45, 2.75) is 19.3 Å². The first-order chi connectivity index (χ1) is 9.19. The summed E-state index contributed by atoms with van der Waals surface area (Å²) in [7, 11) is 1.54. The van der Waals surface area contributed by atoms with Gasteiger partial charge in [0.25, 0.3) is 11.7 Å². The molecule has 19 heavy (non-hydrogen) atoms. The summed E-state index contributed by atoms with van der Waals surface area (Å²) in [5, 5.41) is 8.48. The first-order valence-corrected chi connectivity index (χ1v) is 6.10. The highest BCUT2D eigenvalue weighted by atomic mass is 16.5. The first-order valence-electron chi connectivity index (χ1n) is 6.10. The number of Topliss-reactive ketones (excluding diaryl/α,β-unsaturated/α-hetero) is 1. The van der Waals surface area contributed by atoms with E-state index in [0.717, 1.165) is 0 Å². The van der Waals surface area contributed by atoms with Crippen molar-refractivity contribution in [2.24, 2.45) is 0 Å². The molecule has 0 unspecified atom stereocenters. The van der Waals surface area contributed by atoms with E-state index in [0.29, 0.717) is 42.8 Å². The number of ether oxygens (including phenoxy) is 1.